The molecule has 1 fully saturated rings. The molecule has 9 heteroatoms. The number of benzene rings is 1. The molecule has 0 spiro atoms. The second kappa shape index (κ2) is 8.77. The third-order valence-electron chi connectivity index (χ3n) is 4.06. The highest BCUT2D eigenvalue weighted by atomic mass is 16.7. The number of hydrogen-bond acceptors (Lipinski definition) is 9. The van der Waals surface area contributed by atoms with Crippen molar-refractivity contribution in [2.24, 2.45) is 0 Å². The molecule has 9 nitrogen and oxygen atoms in total. The highest BCUT2D eigenvalue weighted by Crippen LogP contribution is 2.30. The van der Waals surface area contributed by atoms with E-state index in [2.05, 4.69) is 0 Å². The standard InChI is InChI=1S/C16H24O9/c1-22-10-4-3-8(5-11(10)23-2)9(18)7-24-16-15(21)14(20)13(19)12(6-17)25-16/h3-5,9,12-21H,6-7H2,1-2H3/t9-,12-,13-,14+,15-,16-/m0/s1. The fourth-order valence-corrected chi connectivity index (χ4v) is 2.55. The first-order chi connectivity index (χ1) is 11.9. The van der Waals surface area contributed by atoms with Gasteiger partial charge in [-0.05, 0) is 17.7 Å². The molecule has 0 amide bonds. The SMILES string of the molecule is COc1ccc([C@@H](O)CO[C@H]2O[C@@H](CO)[C@H](O)[C@@H](O)[C@@H]2O)cc1OC. The first kappa shape index (κ1) is 19.9. The molecule has 2 rings (SSSR count). The molecule has 6 atom stereocenters. The van der Waals surface area contributed by atoms with Gasteiger partial charge in [-0.15, -0.1) is 0 Å². The van der Waals surface area contributed by atoms with Crippen molar-refractivity contribution in [2.45, 2.75) is 36.8 Å². The number of ether oxygens (including phenoxy) is 4. The maximum atomic E-state index is 10.2. The van der Waals surface area contributed by atoms with E-state index in [-0.39, 0.29) is 6.61 Å². The summed E-state index contributed by atoms with van der Waals surface area (Å²) in [5, 5.41) is 48.7. The van der Waals surface area contributed by atoms with E-state index in [4.69, 9.17) is 24.1 Å². The fraction of sp³-hybridized carbons (Fsp3) is 0.625. The lowest BCUT2D eigenvalue weighted by atomic mass is 9.99. The predicted molar refractivity (Wildman–Crippen MR) is 84.2 cm³/mol. The summed E-state index contributed by atoms with van der Waals surface area (Å²) < 4.78 is 20.8. The van der Waals surface area contributed by atoms with E-state index >= 15 is 0 Å². The molecule has 0 saturated carbocycles. The number of aliphatic hydroxyl groups is 5. The van der Waals surface area contributed by atoms with Crippen molar-refractivity contribution in [1.82, 2.24) is 0 Å². The van der Waals surface area contributed by atoms with Gasteiger partial charge in [0, 0.05) is 0 Å². The van der Waals surface area contributed by atoms with Crippen LogP contribution in [0.4, 0.5) is 0 Å². The van der Waals surface area contributed by atoms with Crippen LogP contribution in [0.1, 0.15) is 11.7 Å². The second-order valence-electron chi connectivity index (χ2n) is 5.66. The molecule has 1 heterocycles. The van der Waals surface area contributed by atoms with Crippen LogP contribution in [0.5, 0.6) is 11.5 Å². The Balaban J connectivity index is 2.00. The molecule has 0 aliphatic carbocycles. The molecule has 0 unspecified atom stereocenters. The van der Waals surface area contributed by atoms with Crippen LogP contribution in [0.3, 0.4) is 0 Å². The van der Waals surface area contributed by atoms with E-state index in [1.54, 1.807) is 18.2 Å². The van der Waals surface area contributed by atoms with Gasteiger partial charge >= 0.3 is 0 Å². The van der Waals surface area contributed by atoms with Gasteiger partial charge in [0.2, 0.25) is 0 Å². The Labute approximate surface area is 145 Å². The van der Waals surface area contributed by atoms with Crippen molar-refractivity contribution in [3.8, 4) is 11.5 Å². The summed E-state index contributed by atoms with van der Waals surface area (Å²) in [4.78, 5) is 0. The van der Waals surface area contributed by atoms with E-state index in [1.807, 2.05) is 0 Å². The molecule has 1 aliphatic heterocycles. The fourth-order valence-electron chi connectivity index (χ4n) is 2.55. The Kier molecular flexibility index (Phi) is 6.96. The molecule has 1 aliphatic rings. The van der Waals surface area contributed by atoms with Gasteiger partial charge < -0.3 is 44.5 Å². The molecule has 0 aromatic heterocycles. The molecule has 1 aromatic carbocycles. The van der Waals surface area contributed by atoms with Crippen LogP contribution in [0.15, 0.2) is 18.2 Å². The van der Waals surface area contributed by atoms with Gasteiger partial charge in [0.25, 0.3) is 0 Å². The zero-order valence-corrected chi connectivity index (χ0v) is 14.0. The van der Waals surface area contributed by atoms with Crippen LogP contribution < -0.4 is 9.47 Å². The Morgan fingerprint density at radius 2 is 1.72 bits per heavy atom. The van der Waals surface area contributed by atoms with Gasteiger partial charge in [-0.2, -0.15) is 0 Å². The third kappa shape index (κ3) is 4.39. The Bertz CT molecular complexity index is 550. The summed E-state index contributed by atoms with van der Waals surface area (Å²) in [7, 11) is 2.97. The van der Waals surface area contributed by atoms with Gasteiger partial charge in [0.05, 0.1) is 27.4 Å². The van der Waals surface area contributed by atoms with E-state index in [0.717, 1.165) is 0 Å². The van der Waals surface area contributed by atoms with Crippen molar-refractivity contribution in [2.75, 3.05) is 27.4 Å². The lowest BCUT2D eigenvalue weighted by Crippen LogP contribution is -2.59. The quantitative estimate of drug-likeness (QED) is 0.395. The van der Waals surface area contributed by atoms with Crippen molar-refractivity contribution in [1.29, 1.82) is 0 Å². The largest absolute Gasteiger partial charge is 0.493 e. The number of hydrogen-bond donors (Lipinski definition) is 5. The summed E-state index contributed by atoms with van der Waals surface area (Å²) in [6.07, 6.45) is -7.95. The predicted octanol–water partition coefficient (Wildman–Crippen LogP) is -1.45. The molecule has 25 heavy (non-hydrogen) atoms. The summed E-state index contributed by atoms with van der Waals surface area (Å²) in [6.45, 7) is -0.804. The van der Waals surface area contributed by atoms with E-state index < -0.39 is 43.4 Å². The van der Waals surface area contributed by atoms with Gasteiger partial charge in [-0.25, -0.2) is 0 Å². The molecule has 1 aromatic rings. The number of rotatable bonds is 7. The van der Waals surface area contributed by atoms with Crippen molar-refractivity contribution >= 4 is 0 Å². The highest BCUT2D eigenvalue weighted by molar-refractivity contribution is 5.43. The monoisotopic (exact) mass is 360 g/mol. The topological polar surface area (TPSA) is 138 Å². The molecule has 0 radical (unpaired) electrons. The summed E-state index contributed by atoms with van der Waals surface area (Å²) in [6, 6.07) is 4.84. The smallest absolute Gasteiger partial charge is 0.186 e. The number of methoxy groups -OCH3 is 2. The van der Waals surface area contributed by atoms with Crippen LogP contribution in [-0.2, 0) is 9.47 Å². The average molecular weight is 360 g/mol. The first-order valence-corrected chi connectivity index (χ1v) is 7.75. The Morgan fingerprint density at radius 3 is 2.32 bits per heavy atom. The Morgan fingerprint density at radius 1 is 1.04 bits per heavy atom. The highest BCUT2D eigenvalue weighted by Gasteiger charge is 2.44. The zero-order chi connectivity index (χ0) is 18.6. The lowest BCUT2D eigenvalue weighted by Gasteiger charge is -2.39. The Hall–Kier alpha value is -1.46. The van der Waals surface area contributed by atoms with E-state index in [1.165, 1.54) is 14.2 Å². The summed E-state index contributed by atoms with van der Waals surface area (Å²) in [5.74, 6) is 0.945. The second-order valence-corrected chi connectivity index (χ2v) is 5.66. The van der Waals surface area contributed by atoms with Gasteiger partial charge in [0.1, 0.15) is 30.5 Å². The van der Waals surface area contributed by atoms with Crippen molar-refractivity contribution in [3.05, 3.63) is 23.8 Å². The minimum Gasteiger partial charge on any atom is -0.493 e. The summed E-state index contributed by atoms with van der Waals surface area (Å²) >= 11 is 0. The zero-order valence-electron chi connectivity index (χ0n) is 14.0. The minimum atomic E-state index is -1.53. The average Bonchev–Trinajstić information content (AvgIpc) is 2.64. The maximum absolute atomic E-state index is 10.2. The molecule has 142 valence electrons. The van der Waals surface area contributed by atoms with Crippen LogP contribution in [0, 0.1) is 0 Å². The van der Waals surface area contributed by atoms with E-state index in [9.17, 15) is 20.4 Å². The summed E-state index contributed by atoms with van der Waals surface area (Å²) in [5.41, 5.74) is 0.488. The normalized spacial score (nSPS) is 30.8. The van der Waals surface area contributed by atoms with E-state index in [0.29, 0.717) is 17.1 Å². The molecule has 1 saturated heterocycles. The number of aliphatic hydroxyl groups excluding tert-OH is 5. The van der Waals surface area contributed by atoms with Crippen LogP contribution in [0.25, 0.3) is 0 Å². The first-order valence-electron chi connectivity index (χ1n) is 7.75. The van der Waals surface area contributed by atoms with Gasteiger partial charge in [-0.3, -0.25) is 0 Å². The van der Waals surface area contributed by atoms with Gasteiger partial charge in [0.15, 0.2) is 17.8 Å². The van der Waals surface area contributed by atoms with Crippen molar-refractivity contribution in [3.63, 3.8) is 0 Å². The van der Waals surface area contributed by atoms with Crippen molar-refractivity contribution < 1.29 is 44.5 Å². The molecule has 0 bridgehead atoms. The van der Waals surface area contributed by atoms with Crippen LogP contribution in [-0.4, -0.2) is 83.7 Å². The van der Waals surface area contributed by atoms with Crippen LogP contribution in [0.2, 0.25) is 0 Å². The molecular weight excluding hydrogens is 336 g/mol. The molecule has 5 N–H and O–H groups in total. The molecular formula is C16H24O9. The minimum absolute atomic E-state index is 0.252. The maximum Gasteiger partial charge on any atom is 0.186 e. The lowest BCUT2D eigenvalue weighted by molar-refractivity contribution is -0.304. The van der Waals surface area contributed by atoms with Gasteiger partial charge in [-0.1, -0.05) is 6.07 Å². The van der Waals surface area contributed by atoms with Crippen LogP contribution >= 0.6 is 0 Å². The third-order valence-corrected chi connectivity index (χ3v) is 4.06.